The van der Waals surface area contributed by atoms with Crippen LogP contribution in [-0.2, 0) is 10.2 Å². The highest BCUT2D eigenvalue weighted by Gasteiger charge is 2.49. The number of hydrogen-bond donors (Lipinski definition) is 0. The van der Waals surface area contributed by atoms with Crippen LogP contribution in [0.25, 0.3) is 0 Å². The normalized spacial score (nSPS) is 23.2. The minimum Gasteiger partial charge on any atom is -0.486 e. The van der Waals surface area contributed by atoms with Crippen molar-refractivity contribution in [2.45, 2.75) is 57.0 Å². The summed E-state index contributed by atoms with van der Waals surface area (Å²) in [5.74, 6) is 0.493. The van der Waals surface area contributed by atoms with Crippen LogP contribution in [0.2, 0.25) is 0 Å². The van der Waals surface area contributed by atoms with Crippen LogP contribution in [0, 0.1) is 0 Å². The molecule has 1 saturated carbocycles. The molecule has 2 aromatic carbocycles. The largest absolute Gasteiger partial charge is 0.486 e. The van der Waals surface area contributed by atoms with Gasteiger partial charge in [0.25, 0.3) is 11.8 Å². The Balaban J connectivity index is 1.36. The highest BCUT2D eigenvalue weighted by molar-refractivity contribution is 6.22. The number of nitrogens with zero attached hydrogens (tertiary/aromatic N) is 2. The van der Waals surface area contributed by atoms with Crippen LogP contribution < -0.4 is 9.47 Å². The van der Waals surface area contributed by atoms with Gasteiger partial charge in [0.05, 0.1) is 17.2 Å². The summed E-state index contributed by atoms with van der Waals surface area (Å²) in [4.78, 5) is 43.0. The van der Waals surface area contributed by atoms with E-state index >= 15 is 0 Å². The zero-order chi connectivity index (χ0) is 23.6. The van der Waals surface area contributed by atoms with Crippen LogP contribution in [0.4, 0.5) is 0 Å². The van der Waals surface area contributed by atoms with E-state index in [-0.39, 0.29) is 17.4 Å². The zero-order valence-electron chi connectivity index (χ0n) is 19.5. The molecule has 0 radical (unpaired) electrons. The number of hydrogen-bond acceptors (Lipinski definition) is 5. The van der Waals surface area contributed by atoms with Crippen molar-refractivity contribution in [3.8, 4) is 11.5 Å². The molecule has 1 fully saturated rings. The fraction of sp³-hybridized carbons (Fsp3) is 0.444. The van der Waals surface area contributed by atoms with Crippen molar-refractivity contribution in [2.24, 2.45) is 0 Å². The van der Waals surface area contributed by atoms with E-state index in [1.54, 1.807) is 31.2 Å². The molecule has 2 aromatic rings. The lowest BCUT2D eigenvalue weighted by molar-refractivity contribution is -0.139. The fourth-order valence-electron chi connectivity index (χ4n) is 6.28. The second-order valence-corrected chi connectivity index (χ2v) is 9.91. The molecule has 3 heterocycles. The van der Waals surface area contributed by atoms with Crippen molar-refractivity contribution in [3.63, 3.8) is 0 Å². The van der Waals surface area contributed by atoms with Crippen LogP contribution in [0.1, 0.15) is 77.4 Å². The number of fused-ring (bicyclic) bond motifs is 4. The number of imide groups is 1. The molecule has 2 atom stereocenters. The van der Waals surface area contributed by atoms with Crippen LogP contribution in [0.3, 0.4) is 0 Å². The highest BCUT2D eigenvalue weighted by atomic mass is 16.6. The molecule has 7 nitrogen and oxygen atoms in total. The molecule has 3 amide bonds. The summed E-state index contributed by atoms with van der Waals surface area (Å²) in [7, 11) is 0. The molecular formula is C27H28N2O5. The molecule has 1 spiro atoms. The number of benzene rings is 2. The van der Waals surface area contributed by atoms with Crippen molar-refractivity contribution >= 4 is 17.7 Å². The summed E-state index contributed by atoms with van der Waals surface area (Å²) in [5.41, 5.74) is 2.90. The first-order valence-electron chi connectivity index (χ1n) is 12.1. The number of carbonyl (C=O) groups excluding carboxylic acids is 3. The van der Waals surface area contributed by atoms with Gasteiger partial charge >= 0.3 is 0 Å². The first kappa shape index (κ1) is 21.2. The molecule has 34 heavy (non-hydrogen) atoms. The lowest BCUT2D eigenvalue weighted by Crippen LogP contribution is -2.55. The number of rotatable bonds is 2. The smallest absolute Gasteiger partial charge is 0.262 e. The van der Waals surface area contributed by atoms with Gasteiger partial charge in [0.2, 0.25) is 5.91 Å². The number of amides is 3. The molecule has 0 aromatic heterocycles. The maximum absolute atomic E-state index is 13.9. The standard InChI is InChI=1S/C27H28N2O5/c1-16-20-13-22-23(34-12-11-33-22)14-21(20)27(9-5-6-10-27)15-28(16)24(30)17(2)29-25(31)18-7-3-4-8-19(18)26(29)32/h3-4,7-8,13-14,16-17H,5-6,9-12,15H2,1-2H3. The molecule has 176 valence electrons. The van der Waals surface area contributed by atoms with Crippen LogP contribution >= 0.6 is 0 Å². The maximum atomic E-state index is 13.9. The van der Waals surface area contributed by atoms with Crippen molar-refractivity contribution in [1.82, 2.24) is 9.80 Å². The van der Waals surface area contributed by atoms with Gasteiger partial charge in [-0.15, -0.1) is 0 Å². The highest BCUT2D eigenvalue weighted by Crippen LogP contribution is 2.52. The number of ether oxygens (including phenoxy) is 2. The molecule has 0 bridgehead atoms. The Labute approximate surface area is 198 Å². The van der Waals surface area contributed by atoms with Gasteiger partial charge in [-0.05, 0) is 62.1 Å². The number of carbonyl (C=O) groups is 3. The Morgan fingerprint density at radius 1 is 1.00 bits per heavy atom. The third-order valence-corrected chi connectivity index (χ3v) is 8.09. The van der Waals surface area contributed by atoms with Gasteiger partial charge in [-0.25, -0.2) is 0 Å². The minimum absolute atomic E-state index is 0.144. The second kappa shape index (κ2) is 7.58. The van der Waals surface area contributed by atoms with Crippen molar-refractivity contribution in [1.29, 1.82) is 0 Å². The monoisotopic (exact) mass is 460 g/mol. The van der Waals surface area contributed by atoms with Crippen LogP contribution in [-0.4, -0.2) is 53.3 Å². The van der Waals surface area contributed by atoms with E-state index in [1.165, 1.54) is 5.56 Å². The molecule has 2 unspecified atom stereocenters. The fourth-order valence-corrected chi connectivity index (χ4v) is 6.28. The summed E-state index contributed by atoms with van der Waals surface area (Å²) in [5, 5.41) is 0. The van der Waals surface area contributed by atoms with E-state index in [1.807, 2.05) is 17.9 Å². The quantitative estimate of drug-likeness (QED) is 0.636. The molecular weight excluding hydrogens is 432 g/mol. The Bertz CT molecular complexity index is 1180. The molecule has 4 aliphatic rings. The molecule has 1 aliphatic carbocycles. The second-order valence-electron chi connectivity index (χ2n) is 9.91. The van der Waals surface area contributed by atoms with Crippen molar-refractivity contribution in [3.05, 3.63) is 58.7 Å². The van der Waals surface area contributed by atoms with Crippen molar-refractivity contribution < 1.29 is 23.9 Å². The van der Waals surface area contributed by atoms with Crippen molar-refractivity contribution in [2.75, 3.05) is 19.8 Å². The maximum Gasteiger partial charge on any atom is 0.262 e. The molecule has 0 N–H and O–H groups in total. The third kappa shape index (κ3) is 2.92. The van der Waals surface area contributed by atoms with E-state index in [0.717, 1.165) is 41.9 Å². The van der Waals surface area contributed by atoms with Gasteiger partial charge in [-0.3, -0.25) is 19.3 Å². The lowest BCUT2D eigenvalue weighted by atomic mass is 9.71. The van der Waals surface area contributed by atoms with Crippen LogP contribution in [0.5, 0.6) is 11.5 Å². The first-order chi connectivity index (χ1) is 16.4. The summed E-state index contributed by atoms with van der Waals surface area (Å²) < 4.78 is 11.7. The summed E-state index contributed by atoms with van der Waals surface area (Å²) in [6.07, 6.45) is 4.21. The van der Waals surface area contributed by atoms with E-state index in [4.69, 9.17) is 9.47 Å². The average molecular weight is 461 g/mol. The van der Waals surface area contributed by atoms with E-state index < -0.39 is 17.9 Å². The molecule has 0 saturated heterocycles. The Kier molecular flexibility index (Phi) is 4.73. The van der Waals surface area contributed by atoms with Gasteiger partial charge in [-0.2, -0.15) is 0 Å². The SMILES string of the molecule is CC1c2cc3c(cc2C2(CCCC2)CN1C(=O)C(C)N1C(=O)c2ccccc2C1=O)OCCO3. The first-order valence-corrected chi connectivity index (χ1v) is 12.1. The van der Waals surface area contributed by atoms with Crippen LogP contribution in [0.15, 0.2) is 36.4 Å². The third-order valence-electron chi connectivity index (χ3n) is 8.09. The summed E-state index contributed by atoms with van der Waals surface area (Å²) in [6.45, 7) is 5.30. The van der Waals surface area contributed by atoms with Gasteiger partial charge in [0, 0.05) is 12.0 Å². The van der Waals surface area contributed by atoms with Gasteiger partial charge in [0.15, 0.2) is 11.5 Å². The van der Waals surface area contributed by atoms with E-state index in [9.17, 15) is 14.4 Å². The van der Waals surface area contributed by atoms with Gasteiger partial charge in [0.1, 0.15) is 19.3 Å². The van der Waals surface area contributed by atoms with Gasteiger partial charge in [-0.1, -0.05) is 25.0 Å². The molecule has 7 heteroatoms. The summed E-state index contributed by atoms with van der Waals surface area (Å²) >= 11 is 0. The van der Waals surface area contributed by atoms with Gasteiger partial charge < -0.3 is 14.4 Å². The predicted octanol–water partition coefficient (Wildman–Crippen LogP) is 3.86. The Morgan fingerprint density at radius 3 is 2.21 bits per heavy atom. The van der Waals surface area contributed by atoms with E-state index in [2.05, 4.69) is 6.07 Å². The average Bonchev–Trinajstić information content (AvgIpc) is 3.43. The Morgan fingerprint density at radius 2 is 1.59 bits per heavy atom. The molecule has 3 aliphatic heterocycles. The predicted molar refractivity (Wildman–Crippen MR) is 124 cm³/mol. The minimum atomic E-state index is -0.882. The summed E-state index contributed by atoms with van der Waals surface area (Å²) in [6, 6.07) is 9.83. The zero-order valence-corrected chi connectivity index (χ0v) is 19.5. The topological polar surface area (TPSA) is 76.2 Å². The lowest BCUT2D eigenvalue weighted by Gasteiger charge is -2.47. The van der Waals surface area contributed by atoms with E-state index in [0.29, 0.717) is 36.6 Å². The molecule has 6 rings (SSSR count). The Hall–Kier alpha value is -3.35.